The predicted molar refractivity (Wildman–Crippen MR) is 187 cm³/mol. The molecule has 44 heavy (non-hydrogen) atoms. The SMILES string of the molecule is CCCCCCCCCCCCCCCCCCCCCCOC(=O)[C@H](Cc1ccccc1)NP(=O)(Cl)Oc1ccccc1. The van der Waals surface area contributed by atoms with E-state index in [2.05, 4.69) is 12.0 Å². The highest BCUT2D eigenvalue weighted by atomic mass is 35.7. The van der Waals surface area contributed by atoms with Gasteiger partial charge in [-0.3, -0.25) is 4.79 Å². The molecule has 248 valence electrons. The first-order valence-corrected chi connectivity index (χ1v) is 20.1. The zero-order chi connectivity index (χ0) is 31.6. The minimum absolute atomic E-state index is 0.299. The van der Waals surface area contributed by atoms with Gasteiger partial charge in [-0.2, -0.15) is 0 Å². The molecule has 0 saturated heterocycles. The lowest BCUT2D eigenvalue weighted by molar-refractivity contribution is -0.145. The molecule has 0 spiro atoms. The van der Waals surface area contributed by atoms with Crippen LogP contribution in [0.5, 0.6) is 5.75 Å². The summed E-state index contributed by atoms with van der Waals surface area (Å²) in [5.74, 6) is -0.0984. The van der Waals surface area contributed by atoms with Gasteiger partial charge in [0.2, 0.25) is 0 Å². The van der Waals surface area contributed by atoms with Gasteiger partial charge < -0.3 is 9.26 Å². The van der Waals surface area contributed by atoms with Crippen molar-refractivity contribution in [2.45, 2.75) is 148 Å². The number of para-hydroxylation sites is 1. The van der Waals surface area contributed by atoms with Crippen LogP contribution < -0.4 is 9.61 Å². The molecule has 0 aromatic heterocycles. The smallest absolute Gasteiger partial charge is 0.409 e. The molecule has 0 bridgehead atoms. The number of halogens is 1. The van der Waals surface area contributed by atoms with E-state index in [1.54, 1.807) is 24.3 Å². The van der Waals surface area contributed by atoms with Crippen molar-refractivity contribution in [3.8, 4) is 5.75 Å². The average molecular weight is 648 g/mol. The van der Waals surface area contributed by atoms with Gasteiger partial charge in [-0.15, -0.1) is 0 Å². The fraction of sp³-hybridized carbons (Fsp3) is 0.649. The topological polar surface area (TPSA) is 64.6 Å². The zero-order valence-electron chi connectivity index (χ0n) is 27.4. The number of hydrogen-bond acceptors (Lipinski definition) is 4. The van der Waals surface area contributed by atoms with E-state index in [-0.39, 0.29) is 0 Å². The van der Waals surface area contributed by atoms with E-state index in [4.69, 9.17) is 20.5 Å². The Bertz CT molecular complexity index is 1010. The van der Waals surface area contributed by atoms with E-state index >= 15 is 0 Å². The molecular formula is C37H59ClNO4P. The fourth-order valence-corrected chi connectivity index (χ4v) is 7.10. The third-order valence-corrected chi connectivity index (χ3v) is 9.65. The third kappa shape index (κ3) is 20.3. The van der Waals surface area contributed by atoms with Gasteiger partial charge in [-0.25, -0.2) is 9.65 Å². The van der Waals surface area contributed by atoms with Crippen molar-refractivity contribution in [1.82, 2.24) is 5.09 Å². The van der Waals surface area contributed by atoms with Gasteiger partial charge in [-0.1, -0.05) is 177 Å². The Morgan fingerprint density at radius 2 is 1.07 bits per heavy atom. The molecule has 0 saturated carbocycles. The van der Waals surface area contributed by atoms with Crippen LogP contribution in [-0.4, -0.2) is 18.6 Å². The number of carbonyl (C=O) groups is 1. The lowest BCUT2D eigenvalue weighted by Crippen LogP contribution is -2.38. The Kier molecular flexibility index (Phi) is 22.1. The minimum atomic E-state index is -3.82. The third-order valence-electron chi connectivity index (χ3n) is 8.09. The molecule has 1 unspecified atom stereocenters. The number of ether oxygens (including phenoxy) is 1. The van der Waals surface area contributed by atoms with Gasteiger partial charge in [0.05, 0.1) is 6.61 Å². The van der Waals surface area contributed by atoms with Crippen molar-refractivity contribution in [3.05, 3.63) is 66.2 Å². The molecule has 7 heteroatoms. The van der Waals surface area contributed by atoms with E-state index in [1.807, 2.05) is 36.4 Å². The van der Waals surface area contributed by atoms with Crippen molar-refractivity contribution in [1.29, 1.82) is 0 Å². The van der Waals surface area contributed by atoms with Crippen LogP contribution in [0.4, 0.5) is 0 Å². The van der Waals surface area contributed by atoms with Crippen molar-refractivity contribution < 1.29 is 18.6 Å². The molecule has 0 aliphatic heterocycles. The first-order chi connectivity index (χ1) is 21.5. The zero-order valence-corrected chi connectivity index (χ0v) is 29.0. The highest BCUT2D eigenvalue weighted by Gasteiger charge is 2.31. The number of nitrogens with one attached hydrogen (secondary N) is 1. The Morgan fingerprint density at radius 3 is 1.52 bits per heavy atom. The van der Waals surface area contributed by atoms with Crippen molar-refractivity contribution >= 4 is 24.1 Å². The lowest BCUT2D eigenvalue weighted by Gasteiger charge is -2.21. The van der Waals surface area contributed by atoms with Gasteiger partial charge in [0, 0.05) is 11.2 Å². The molecule has 2 rings (SSSR count). The maximum atomic E-state index is 13.0. The van der Waals surface area contributed by atoms with Crippen LogP contribution in [-0.2, 0) is 20.5 Å². The summed E-state index contributed by atoms with van der Waals surface area (Å²) >= 11 is 6.21. The van der Waals surface area contributed by atoms with Crippen LogP contribution >= 0.6 is 18.1 Å². The number of benzene rings is 2. The summed E-state index contributed by atoms with van der Waals surface area (Å²) in [4.78, 5) is 13.0. The van der Waals surface area contributed by atoms with Crippen LogP contribution in [0, 0.1) is 0 Å². The molecule has 0 aliphatic carbocycles. The molecule has 2 aromatic rings. The summed E-state index contributed by atoms with van der Waals surface area (Å²) in [6, 6.07) is 17.4. The highest BCUT2D eigenvalue weighted by Crippen LogP contribution is 2.48. The second-order valence-electron chi connectivity index (χ2n) is 12.1. The highest BCUT2D eigenvalue weighted by molar-refractivity contribution is 7.84. The maximum Gasteiger partial charge on any atom is 0.409 e. The molecule has 0 radical (unpaired) electrons. The molecule has 0 amide bonds. The molecular weight excluding hydrogens is 589 g/mol. The standard InChI is InChI=1S/C37H59ClNO4P/c1-2-3-4-5-6-7-8-9-10-11-12-13-14-15-16-17-18-19-20-27-32-42-37(40)36(33-34-28-23-21-24-29-34)39-44(38,41)43-35-30-25-22-26-31-35/h21-26,28-31,36H,2-20,27,32-33H2,1H3,(H,39,41)/t36-,44?/m0/s1. The summed E-state index contributed by atoms with van der Waals surface area (Å²) in [6.45, 7) is -1.19. The number of unbranched alkanes of at least 4 members (excludes halogenated alkanes) is 19. The lowest BCUT2D eigenvalue weighted by atomic mass is 10.0. The van der Waals surface area contributed by atoms with Crippen molar-refractivity contribution in [3.63, 3.8) is 0 Å². The monoisotopic (exact) mass is 647 g/mol. The second kappa shape index (κ2) is 25.4. The molecule has 2 aromatic carbocycles. The largest absolute Gasteiger partial charge is 0.465 e. The van der Waals surface area contributed by atoms with Crippen LogP contribution in [0.3, 0.4) is 0 Å². The van der Waals surface area contributed by atoms with Gasteiger partial charge in [0.25, 0.3) is 0 Å². The normalized spacial score (nSPS) is 13.3. The van der Waals surface area contributed by atoms with Crippen LogP contribution in [0.15, 0.2) is 60.7 Å². The minimum Gasteiger partial charge on any atom is -0.465 e. The van der Waals surface area contributed by atoms with E-state index < -0.39 is 18.9 Å². The number of carbonyl (C=O) groups excluding carboxylic acids is 1. The van der Waals surface area contributed by atoms with Gasteiger partial charge in [0.15, 0.2) is 0 Å². The van der Waals surface area contributed by atoms with Crippen molar-refractivity contribution in [2.24, 2.45) is 0 Å². The Hall–Kier alpha value is -1.81. The fourth-order valence-electron chi connectivity index (χ4n) is 5.49. The van der Waals surface area contributed by atoms with Gasteiger partial charge >= 0.3 is 12.8 Å². The molecule has 1 N–H and O–H groups in total. The average Bonchev–Trinajstić information content (AvgIpc) is 3.02. The second-order valence-corrected chi connectivity index (χ2v) is 14.9. The number of rotatable bonds is 28. The van der Waals surface area contributed by atoms with E-state index in [0.29, 0.717) is 18.8 Å². The van der Waals surface area contributed by atoms with Gasteiger partial charge in [-0.05, 0) is 30.5 Å². The Labute approximate surface area is 273 Å². The number of esters is 1. The van der Waals surface area contributed by atoms with Crippen LogP contribution in [0.2, 0.25) is 0 Å². The quantitative estimate of drug-likeness (QED) is 0.0565. The molecule has 0 heterocycles. The summed E-state index contributed by atoms with van der Waals surface area (Å²) in [5, 5.41) is 2.73. The van der Waals surface area contributed by atoms with E-state index in [0.717, 1.165) is 24.8 Å². The summed E-state index contributed by atoms with van der Waals surface area (Å²) in [6.07, 6.45) is 26.8. The molecule has 2 atom stereocenters. The van der Waals surface area contributed by atoms with Crippen molar-refractivity contribution in [2.75, 3.05) is 6.61 Å². The van der Waals surface area contributed by atoms with Crippen LogP contribution in [0.1, 0.15) is 141 Å². The van der Waals surface area contributed by atoms with E-state index in [1.165, 1.54) is 109 Å². The summed E-state index contributed by atoms with van der Waals surface area (Å²) < 4.78 is 24.0. The molecule has 5 nitrogen and oxygen atoms in total. The number of hydrogen-bond donors (Lipinski definition) is 1. The van der Waals surface area contributed by atoms with Crippen LogP contribution in [0.25, 0.3) is 0 Å². The predicted octanol–water partition coefficient (Wildman–Crippen LogP) is 12.0. The Morgan fingerprint density at radius 1 is 0.659 bits per heavy atom. The Balaban J connectivity index is 1.49. The van der Waals surface area contributed by atoms with Gasteiger partial charge in [0.1, 0.15) is 11.8 Å². The summed E-state index contributed by atoms with van der Waals surface area (Å²) in [7, 11) is 0. The first kappa shape index (κ1) is 38.4. The van der Waals surface area contributed by atoms with E-state index in [9.17, 15) is 9.36 Å². The molecule has 0 fully saturated rings. The molecule has 0 aliphatic rings. The summed E-state index contributed by atoms with van der Waals surface area (Å²) in [5.41, 5.74) is 0.914. The first-order valence-electron chi connectivity index (χ1n) is 17.5. The maximum absolute atomic E-state index is 13.0.